The summed E-state index contributed by atoms with van der Waals surface area (Å²) in [5.74, 6) is 0.307. The van der Waals surface area contributed by atoms with Gasteiger partial charge in [0, 0.05) is 0 Å². The number of ether oxygens (including phenoxy) is 1. The van der Waals surface area contributed by atoms with E-state index in [9.17, 15) is 9.90 Å². The molecule has 0 aliphatic carbocycles. The molecule has 2 unspecified atom stereocenters. The predicted octanol–water partition coefficient (Wildman–Crippen LogP) is 3.68. The first-order chi connectivity index (χ1) is 10.1. The number of carboxylic acids is 1. The van der Waals surface area contributed by atoms with Gasteiger partial charge < -0.3 is 14.7 Å². The molecule has 2 atom stereocenters. The second-order valence-electron chi connectivity index (χ2n) is 7.50. The van der Waals surface area contributed by atoms with E-state index >= 15 is 0 Å². The fourth-order valence-corrected chi connectivity index (χ4v) is 2.65. The Balaban J connectivity index is 2.49. The van der Waals surface area contributed by atoms with Crippen molar-refractivity contribution in [1.82, 2.24) is 0 Å². The molecule has 4 heteroatoms. The lowest BCUT2D eigenvalue weighted by Crippen LogP contribution is -2.49. The van der Waals surface area contributed by atoms with Gasteiger partial charge in [0.15, 0.2) is 0 Å². The van der Waals surface area contributed by atoms with Crippen LogP contribution in [0.2, 0.25) is 0 Å². The Morgan fingerprint density at radius 2 is 1.95 bits per heavy atom. The van der Waals surface area contributed by atoms with Crippen LogP contribution in [0.25, 0.3) is 0 Å². The van der Waals surface area contributed by atoms with Gasteiger partial charge in [0.2, 0.25) is 0 Å². The maximum atomic E-state index is 11.5. The molecule has 0 fully saturated rings. The van der Waals surface area contributed by atoms with E-state index in [0.29, 0.717) is 12.5 Å². The largest absolute Gasteiger partial charge is 0.486 e. The fourth-order valence-electron chi connectivity index (χ4n) is 2.65. The summed E-state index contributed by atoms with van der Waals surface area (Å²) in [6, 6.07) is 5.56. The topological polar surface area (TPSA) is 49.8 Å². The molecule has 22 heavy (non-hydrogen) atoms. The third kappa shape index (κ3) is 3.21. The number of hydrogen-bond donors (Lipinski definition) is 1. The van der Waals surface area contributed by atoms with Crippen LogP contribution < -0.4 is 9.64 Å². The molecule has 0 bridgehead atoms. The summed E-state index contributed by atoms with van der Waals surface area (Å²) >= 11 is 0. The highest BCUT2D eigenvalue weighted by Crippen LogP contribution is 2.39. The second-order valence-corrected chi connectivity index (χ2v) is 7.50. The molecule has 122 valence electrons. The van der Waals surface area contributed by atoms with Crippen molar-refractivity contribution in [3.05, 3.63) is 23.8 Å². The van der Waals surface area contributed by atoms with Gasteiger partial charge >= 0.3 is 5.97 Å². The van der Waals surface area contributed by atoms with Crippen molar-refractivity contribution >= 4 is 11.7 Å². The van der Waals surface area contributed by atoms with Crippen LogP contribution in [0.5, 0.6) is 5.75 Å². The van der Waals surface area contributed by atoms with Crippen LogP contribution in [0.3, 0.4) is 0 Å². The number of fused-ring (bicyclic) bond motifs is 1. The summed E-state index contributed by atoms with van der Waals surface area (Å²) in [6.07, 6.45) is 0.00906. The van der Waals surface area contributed by atoms with Gasteiger partial charge in [0.25, 0.3) is 0 Å². The Hall–Kier alpha value is -1.71. The maximum Gasteiger partial charge on any atom is 0.326 e. The normalized spacial score (nSPS) is 19.6. The van der Waals surface area contributed by atoms with E-state index in [1.54, 1.807) is 6.92 Å². The second kappa shape index (κ2) is 5.82. The molecule has 1 aliphatic heterocycles. The van der Waals surface area contributed by atoms with Crippen molar-refractivity contribution in [2.24, 2.45) is 5.92 Å². The van der Waals surface area contributed by atoms with Crippen molar-refractivity contribution in [3.8, 4) is 5.75 Å². The van der Waals surface area contributed by atoms with Crippen molar-refractivity contribution < 1.29 is 14.6 Å². The van der Waals surface area contributed by atoms with Crippen LogP contribution >= 0.6 is 0 Å². The number of nitrogens with zero attached hydrogens (tertiary/aromatic N) is 1. The summed E-state index contributed by atoms with van der Waals surface area (Å²) in [4.78, 5) is 13.4. The van der Waals surface area contributed by atoms with E-state index in [2.05, 4.69) is 46.8 Å². The molecule has 1 aromatic rings. The molecular formula is C18H27NO3. The van der Waals surface area contributed by atoms with Crippen LogP contribution in [-0.2, 0) is 10.2 Å². The molecule has 0 radical (unpaired) electrons. The quantitative estimate of drug-likeness (QED) is 0.925. The first kappa shape index (κ1) is 16.7. The predicted molar refractivity (Wildman–Crippen MR) is 88.8 cm³/mol. The smallest absolute Gasteiger partial charge is 0.326 e. The highest BCUT2D eigenvalue weighted by Gasteiger charge is 2.33. The number of rotatable bonds is 3. The van der Waals surface area contributed by atoms with E-state index in [0.717, 1.165) is 11.4 Å². The van der Waals surface area contributed by atoms with Crippen LogP contribution in [-0.4, -0.2) is 29.8 Å². The molecule has 1 aliphatic rings. The molecule has 0 aromatic heterocycles. The van der Waals surface area contributed by atoms with Gasteiger partial charge in [-0.1, -0.05) is 40.7 Å². The molecule has 0 saturated heterocycles. The molecule has 1 aromatic carbocycles. The van der Waals surface area contributed by atoms with Gasteiger partial charge in [-0.2, -0.15) is 0 Å². The van der Waals surface area contributed by atoms with Crippen LogP contribution in [0.4, 0.5) is 5.69 Å². The number of carboxylic acid groups (broad SMARTS) is 1. The standard InChI is InChI=1S/C18H27NO3/c1-11(2)16-10-19(12(3)17(20)21)14-9-13(18(4,5)6)7-8-15(14)22-16/h7-9,11-12,16H,10H2,1-6H3,(H,20,21). The van der Waals surface area contributed by atoms with Crippen LogP contribution in [0.1, 0.15) is 47.1 Å². The molecule has 1 heterocycles. The lowest BCUT2D eigenvalue weighted by Gasteiger charge is -2.40. The number of anilines is 1. The lowest BCUT2D eigenvalue weighted by molar-refractivity contribution is -0.138. The van der Waals surface area contributed by atoms with Crippen LogP contribution in [0.15, 0.2) is 18.2 Å². The highest BCUT2D eigenvalue weighted by molar-refractivity contribution is 5.79. The Bertz CT molecular complexity index is 560. The summed E-state index contributed by atoms with van der Waals surface area (Å²) in [7, 11) is 0. The zero-order valence-corrected chi connectivity index (χ0v) is 14.4. The fraction of sp³-hybridized carbons (Fsp3) is 0.611. The maximum absolute atomic E-state index is 11.5. The lowest BCUT2D eigenvalue weighted by atomic mass is 9.86. The van der Waals surface area contributed by atoms with Gasteiger partial charge in [-0.05, 0) is 36.0 Å². The first-order valence-electron chi connectivity index (χ1n) is 7.92. The van der Waals surface area contributed by atoms with Crippen molar-refractivity contribution in [3.63, 3.8) is 0 Å². The zero-order valence-electron chi connectivity index (χ0n) is 14.4. The summed E-state index contributed by atoms with van der Waals surface area (Å²) in [5, 5.41) is 9.43. The third-order valence-electron chi connectivity index (χ3n) is 4.36. The summed E-state index contributed by atoms with van der Waals surface area (Å²) < 4.78 is 6.09. The Labute approximate surface area is 133 Å². The van der Waals surface area contributed by atoms with E-state index in [-0.39, 0.29) is 11.5 Å². The number of benzene rings is 1. The van der Waals surface area contributed by atoms with Crippen molar-refractivity contribution in [1.29, 1.82) is 0 Å². The number of hydrogen-bond acceptors (Lipinski definition) is 3. The summed E-state index contributed by atoms with van der Waals surface area (Å²) in [5.41, 5.74) is 2.09. The SMILES string of the molecule is CC(C)C1CN(C(C)C(=O)O)c2cc(C(C)(C)C)ccc2O1. The van der Waals surface area contributed by atoms with Gasteiger partial charge in [-0.15, -0.1) is 0 Å². The highest BCUT2D eigenvalue weighted by atomic mass is 16.5. The molecule has 0 amide bonds. The number of aliphatic carboxylic acids is 1. The minimum absolute atomic E-state index is 0.00906. The van der Waals surface area contributed by atoms with E-state index < -0.39 is 12.0 Å². The average Bonchev–Trinajstić information content (AvgIpc) is 2.43. The molecular weight excluding hydrogens is 278 g/mol. The molecule has 0 saturated carbocycles. The van der Waals surface area contributed by atoms with Gasteiger partial charge in [0.1, 0.15) is 17.9 Å². The molecule has 0 spiro atoms. The minimum atomic E-state index is -0.809. The first-order valence-corrected chi connectivity index (χ1v) is 7.92. The van der Waals surface area contributed by atoms with E-state index in [1.807, 2.05) is 11.0 Å². The van der Waals surface area contributed by atoms with E-state index in [4.69, 9.17) is 4.74 Å². The average molecular weight is 305 g/mol. The Morgan fingerprint density at radius 1 is 1.32 bits per heavy atom. The Kier molecular flexibility index (Phi) is 4.41. The summed E-state index contributed by atoms with van der Waals surface area (Å²) in [6.45, 7) is 13.0. The number of carbonyl (C=O) groups is 1. The molecule has 2 rings (SSSR count). The van der Waals surface area contributed by atoms with Gasteiger partial charge in [-0.3, -0.25) is 0 Å². The molecule has 4 nitrogen and oxygen atoms in total. The minimum Gasteiger partial charge on any atom is -0.486 e. The van der Waals surface area contributed by atoms with Crippen LogP contribution in [0, 0.1) is 5.92 Å². The monoisotopic (exact) mass is 305 g/mol. The van der Waals surface area contributed by atoms with Gasteiger partial charge in [-0.25, -0.2) is 4.79 Å². The van der Waals surface area contributed by atoms with E-state index in [1.165, 1.54) is 5.56 Å². The molecule has 1 N–H and O–H groups in total. The third-order valence-corrected chi connectivity index (χ3v) is 4.36. The van der Waals surface area contributed by atoms with Crippen molar-refractivity contribution in [2.75, 3.05) is 11.4 Å². The van der Waals surface area contributed by atoms with Crippen molar-refractivity contribution in [2.45, 2.75) is 59.1 Å². The zero-order chi connectivity index (χ0) is 16.7. The Morgan fingerprint density at radius 3 is 2.45 bits per heavy atom. The van der Waals surface area contributed by atoms with Gasteiger partial charge in [0.05, 0.1) is 12.2 Å².